The number of sulfonamides is 1. The molecule has 3 rings (SSSR count). The van der Waals surface area contributed by atoms with Gasteiger partial charge >= 0.3 is 0 Å². The number of carbonyl (C=O) groups is 1. The summed E-state index contributed by atoms with van der Waals surface area (Å²) in [5, 5.41) is 2.82. The number of para-hydroxylation sites is 1. The second kappa shape index (κ2) is 8.28. The zero-order chi connectivity index (χ0) is 20.3. The maximum absolute atomic E-state index is 12.7. The molecule has 1 fully saturated rings. The van der Waals surface area contributed by atoms with Crippen LogP contribution in [0.25, 0.3) is 0 Å². The molecule has 0 atom stereocenters. The smallest absolute Gasteiger partial charge is 0.251 e. The van der Waals surface area contributed by atoms with Crippen molar-refractivity contribution in [3.63, 3.8) is 0 Å². The van der Waals surface area contributed by atoms with Crippen LogP contribution >= 0.6 is 0 Å². The molecule has 150 valence electrons. The van der Waals surface area contributed by atoms with Crippen molar-refractivity contribution in [3.05, 3.63) is 58.5 Å². The Morgan fingerprint density at radius 3 is 2.46 bits per heavy atom. The zero-order valence-electron chi connectivity index (χ0n) is 16.1. The number of benzene rings is 1. The molecule has 1 N–H and O–H groups in total. The van der Waals surface area contributed by atoms with Crippen molar-refractivity contribution in [1.29, 1.82) is 0 Å². The lowest BCUT2D eigenvalue weighted by Gasteiger charge is -2.17. The van der Waals surface area contributed by atoms with Gasteiger partial charge in [0, 0.05) is 31.0 Å². The largest absolute Gasteiger partial charge is 0.324 e. The topological polar surface area (TPSA) is 88.5 Å². The van der Waals surface area contributed by atoms with E-state index in [0.717, 1.165) is 23.0 Å². The number of anilines is 1. The number of amides is 1. The van der Waals surface area contributed by atoms with Gasteiger partial charge in [-0.2, -0.15) is 4.31 Å². The molecule has 1 amide bonds. The predicted molar refractivity (Wildman–Crippen MR) is 108 cm³/mol. The summed E-state index contributed by atoms with van der Waals surface area (Å²) in [5.74, 6) is -0.154. The Morgan fingerprint density at radius 1 is 1.11 bits per heavy atom. The Morgan fingerprint density at radius 2 is 1.79 bits per heavy atom. The van der Waals surface area contributed by atoms with Crippen LogP contribution in [0.2, 0.25) is 0 Å². The maximum atomic E-state index is 12.7. The fourth-order valence-electron chi connectivity index (χ4n) is 3.32. The average molecular weight is 404 g/mol. The summed E-state index contributed by atoms with van der Waals surface area (Å²) in [7, 11) is -3.65. The van der Waals surface area contributed by atoms with Gasteiger partial charge in [0.05, 0.1) is 4.90 Å². The second-order valence-electron chi connectivity index (χ2n) is 7.23. The third-order valence-electron chi connectivity index (χ3n) is 4.83. The van der Waals surface area contributed by atoms with E-state index in [4.69, 9.17) is 0 Å². The van der Waals surface area contributed by atoms with Crippen LogP contribution in [0.15, 0.2) is 52.3 Å². The highest BCUT2D eigenvalue weighted by Gasteiger charge is 2.27. The van der Waals surface area contributed by atoms with Crippen LogP contribution in [0.1, 0.15) is 38.2 Å². The molecule has 1 saturated heterocycles. The molecule has 8 heteroatoms. The highest BCUT2D eigenvalue weighted by Crippen LogP contribution is 2.24. The molecule has 0 aliphatic carbocycles. The van der Waals surface area contributed by atoms with Crippen LogP contribution in [0.5, 0.6) is 0 Å². The van der Waals surface area contributed by atoms with Gasteiger partial charge in [0.1, 0.15) is 6.54 Å². The minimum atomic E-state index is -3.65. The molecule has 1 aliphatic rings. The lowest BCUT2D eigenvalue weighted by atomic mass is 10.0. The van der Waals surface area contributed by atoms with Crippen LogP contribution in [0, 0.1) is 0 Å². The van der Waals surface area contributed by atoms with E-state index in [0.29, 0.717) is 18.8 Å². The van der Waals surface area contributed by atoms with Crippen molar-refractivity contribution in [3.8, 4) is 0 Å². The van der Waals surface area contributed by atoms with Crippen molar-refractivity contribution < 1.29 is 13.2 Å². The van der Waals surface area contributed by atoms with E-state index in [-0.39, 0.29) is 23.3 Å². The molecule has 0 spiro atoms. The van der Waals surface area contributed by atoms with Gasteiger partial charge in [0.25, 0.3) is 5.56 Å². The Hall–Kier alpha value is -2.45. The minimum absolute atomic E-state index is 0.0318. The molecular weight excluding hydrogens is 378 g/mol. The van der Waals surface area contributed by atoms with E-state index in [1.807, 2.05) is 38.1 Å². The number of rotatable bonds is 6. The molecule has 0 unspecified atom stereocenters. The number of nitrogens with one attached hydrogen (secondary N) is 1. The van der Waals surface area contributed by atoms with Gasteiger partial charge in [-0.3, -0.25) is 9.59 Å². The third-order valence-corrected chi connectivity index (χ3v) is 6.71. The average Bonchev–Trinajstić information content (AvgIpc) is 3.19. The minimum Gasteiger partial charge on any atom is -0.324 e. The SMILES string of the molecule is CC(C)c1ccccc1NC(=O)Cn1cc(S(=O)(=O)N2CCCC2)ccc1=O. The summed E-state index contributed by atoms with van der Waals surface area (Å²) < 4.78 is 28.0. The summed E-state index contributed by atoms with van der Waals surface area (Å²) >= 11 is 0. The number of nitrogens with zero attached hydrogens (tertiary/aromatic N) is 2. The number of hydrogen-bond acceptors (Lipinski definition) is 4. The molecule has 0 bridgehead atoms. The van der Waals surface area contributed by atoms with Crippen LogP contribution in [0.3, 0.4) is 0 Å². The normalized spacial score (nSPS) is 15.1. The molecule has 28 heavy (non-hydrogen) atoms. The van der Waals surface area contributed by atoms with Crippen LogP contribution in [-0.4, -0.2) is 36.3 Å². The molecular formula is C20H25N3O4S. The highest BCUT2D eigenvalue weighted by molar-refractivity contribution is 7.89. The highest BCUT2D eigenvalue weighted by atomic mass is 32.2. The maximum Gasteiger partial charge on any atom is 0.251 e. The number of aromatic nitrogens is 1. The summed E-state index contributed by atoms with van der Waals surface area (Å²) in [6.45, 7) is 4.76. The number of carbonyl (C=O) groups excluding carboxylic acids is 1. The number of pyridine rings is 1. The molecule has 2 aromatic rings. The van der Waals surface area contributed by atoms with Gasteiger partial charge in [0.15, 0.2) is 0 Å². The van der Waals surface area contributed by atoms with Gasteiger partial charge < -0.3 is 9.88 Å². The standard InChI is InChI=1S/C20H25N3O4S/c1-15(2)17-7-3-4-8-18(17)21-19(24)14-22-13-16(9-10-20(22)25)28(26,27)23-11-5-6-12-23/h3-4,7-10,13,15H,5-6,11-12,14H2,1-2H3,(H,21,24). The first-order chi connectivity index (χ1) is 13.3. The summed E-state index contributed by atoms with van der Waals surface area (Å²) in [6, 6.07) is 9.98. The molecule has 1 aliphatic heterocycles. The van der Waals surface area contributed by atoms with Crippen molar-refractivity contribution in [1.82, 2.24) is 8.87 Å². The van der Waals surface area contributed by atoms with Crippen LogP contribution in [-0.2, 0) is 21.4 Å². The quantitative estimate of drug-likeness (QED) is 0.802. The van der Waals surface area contributed by atoms with Crippen molar-refractivity contribution in [2.75, 3.05) is 18.4 Å². The molecule has 1 aromatic heterocycles. The van der Waals surface area contributed by atoms with E-state index in [2.05, 4.69) is 5.32 Å². The third kappa shape index (κ3) is 4.34. The van der Waals surface area contributed by atoms with Gasteiger partial charge in [-0.25, -0.2) is 8.42 Å². The Kier molecular flexibility index (Phi) is 6.00. The monoisotopic (exact) mass is 403 g/mol. The molecule has 7 nitrogen and oxygen atoms in total. The predicted octanol–water partition coefficient (Wildman–Crippen LogP) is 2.39. The van der Waals surface area contributed by atoms with E-state index in [1.165, 1.54) is 22.6 Å². The molecule has 1 aromatic carbocycles. The molecule has 0 radical (unpaired) electrons. The second-order valence-corrected chi connectivity index (χ2v) is 9.17. The first kappa shape index (κ1) is 20.3. The van der Waals surface area contributed by atoms with Crippen molar-refractivity contribution >= 4 is 21.6 Å². The molecule has 0 saturated carbocycles. The lowest BCUT2D eigenvalue weighted by Crippen LogP contribution is -2.31. The van der Waals surface area contributed by atoms with Gasteiger partial charge in [-0.05, 0) is 36.5 Å². The fourth-order valence-corrected chi connectivity index (χ4v) is 4.86. The van der Waals surface area contributed by atoms with Gasteiger partial charge in [-0.1, -0.05) is 32.0 Å². The first-order valence-electron chi connectivity index (χ1n) is 9.38. The summed E-state index contributed by atoms with van der Waals surface area (Å²) in [6.07, 6.45) is 2.91. The van der Waals surface area contributed by atoms with Gasteiger partial charge in [-0.15, -0.1) is 0 Å². The zero-order valence-corrected chi connectivity index (χ0v) is 16.9. The summed E-state index contributed by atoms with van der Waals surface area (Å²) in [4.78, 5) is 24.7. The van der Waals surface area contributed by atoms with Crippen LogP contribution < -0.4 is 10.9 Å². The summed E-state index contributed by atoms with van der Waals surface area (Å²) in [5.41, 5.74) is 1.26. The Balaban J connectivity index is 1.81. The number of hydrogen-bond donors (Lipinski definition) is 1. The first-order valence-corrected chi connectivity index (χ1v) is 10.8. The molecule has 2 heterocycles. The fraction of sp³-hybridized carbons (Fsp3) is 0.400. The van der Waals surface area contributed by atoms with Gasteiger partial charge in [0.2, 0.25) is 15.9 Å². The van der Waals surface area contributed by atoms with Crippen molar-refractivity contribution in [2.24, 2.45) is 0 Å². The van der Waals surface area contributed by atoms with E-state index in [9.17, 15) is 18.0 Å². The van der Waals surface area contributed by atoms with Crippen molar-refractivity contribution in [2.45, 2.75) is 44.0 Å². The van der Waals surface area contributed by atoms with E-state index >= 15 is 0 Å². The van der Waals surface area contributed by atoms with E-state index < -0.39 is 15.6 Å². The Bertz CT molecular complexity index is 1020. The van der Waals surface area contributed by atoms with Crippen LogP contribution in [0.4, 0.5) is 5.69 Å². The lowest BCUT2D eigenvalue weighted by molar-refractivity contribution is -0.116. The van der Waals surface area contributed by atoms with E-state index in [1.54, 1.807) is 0 Å². The Labute approximate surface area is 165 Å².